The summed E-state index contributed by atoms with van der Waals surface area (Å²) in [5, 5.41) is 26.3. The summed E-state index contributed by atoms with van der Waals surface area (Å²) in [7, 11) is 1.94. The molecule has 6 nitrogen and oxygen atoms in total. The average Bonchev–Trinajstić information content (AvgIpc) is 2.90. The van der Waals surface area contributed by atoms with Gasteiger partial charge in [-0.2, -0.15) is 20.5 Å². The summed E-state index contributed by atoms with van der Waals surface area (Å²) in [5.74, 6) is 0. The summed E-state index contributed by atoms with van der Waals surface area (Å²) in [4.78, 5) is 1.99. The zero-order valence-corrected chi connectivity index (χ0v) is 21.0. The van der Waals surface area contributed by atoms with E-state index in [-0.39, 0.29) is 6.61 Å². The number of aliphatic hydroxyl groups excluding tert-OH is 1. The van der Waals surface area contributed by atoms with Crippen molar-refractivity contribution in [3.05, 3.63) is 78.4 Å². The van der Waals surface area contributed by atoms with Crippen LogP contribution in [0, 0.1) is 0 Å². The van der Waals surface area contributed by atoms with Gasteiger partial charge in [0.05, 0.1) is 29.4 Å². The van der Waals surface area contributed by atoms with Crippen molar-refractivity contribution in [2.75, 3.05) is 25.1 Å². The van der Waals surface area contributed by atoms with Gasteiger partial charge in [-0.3, -0.25) is 0 Å². The minimum absolute atomic E-state index is 0.124. The van der Waals surface area contributed by atoms with Crippen LogP contribution in [0.1, 0.15) is 51.0 Å². The second-order valence-electron chi connectivity index (χ2n) is 8.76. The van der Waals surface area contributed by atoms with Gasteiger partial charge >= 0.3 is 0 Å². The van der Waals surface area contributed by atoms with E-state index in [0.717, 1.165) is 34.9 Å². The highest BCUT2D eigenvalue weighted by Gasteiger charge is 2.00. The molecule has 3 aromatic carbocycles. The number of hydrogen-bond acceptors (Lipinski definition) is 6. The number of nitrogens with zero attached hydrogens (tertiary/aromatic N) is 5. The normalized spacial score (nSPS) is 11.5. The number of hydrogen-bond donors (Lipinski definition) is 1. The molecule has 0 saturated carbocycles. The number of unbranched alkanes of at least 4 members (excludes halogenated alkanes) is 5. The molecular weight excluding hydrogens is 434 g/mol. The van der Waals surface area contributed by atoms with Crippen LogP contribution in [0.3, 0.4) is 0 Å². The monoisotopic (exact) mass is 471 g/mol. The van der Waals surface area contributed by atoms with Gasteiger partial charge in [-0.05, 0) is 79.1 Å². The molecule has 0 amide bonds. The van der Waals surface area contributed by atoms with Crippen molar-refractivity contribution in [2.45, 2.75) is 51.9 Å². The van der Waals surface area contributed by atoms with E-state index in [2.05, 4.69) is 39.5 Å². The molecule has 0 aliphatic rings. The van der Waals surface area contributed by atoms with E-state index in [1.165, 1.54) is 44.1 Å². The molecule has 0 atom stereocenters. The lowest BCUT2D eigenvalue weighted by atomic mass is 10.0. The Bertz CT molecular complexity index is 1040. The second kappa shape index (κ2) is 14.8. The number of anilines is 1. The maximum Gasteiger partial charge on any atom is 0.0858 e. The fourth-order valence-electron chi connectivity index (χ4n) is 3.71. The highest BCUT2D eigenvalue weighted by atomic mass is 16.3. The Morgan fingerprint density at radius 1 is 0.600 bits per heavy atom. The largest absolute Gasteiger partial charge is 0.395 e. The molecule has 6 heteroatoms. The van der Waals surface area contributed by atoms with Crippen LogP contribution in [0.25, 0.3) is 0 Å². The van der Waals surface area contributed by atoms with Gasteiger partial charge in [0, 0.05) is 19.3 Å². The van der Waals surface area contributed by atoms with Crippen molar-refractivity contribution in [2.24, 2.45) is 20.5 Å². The molecule has 0 bridgehead atoms. The Balaban J connectivity index is 1.47. The molecule has 0 saturated heterocycles. The van der Waals surface area contributed by atoms with Crippen molar-refractivity contribution in [3.63, 3.8) is 0 Å². The van der Waals surface area contributed by atoms with Crippen LogP contribution >= 0.6 is 0 Å². The Kier molecular flexibility index (Phi) is 11.1. The summed E-state index contributed by atoms with van der Waals surface area (Å²) < 4.78 is 0. The molecule has 0 aliphatic carbocycles. The molecule has 0 aromatic heterocycles. The average molecular weight is 472 g/mol. The summed E-state index contributed by atoms with van der Waals surface area (Å²) in [5.41, 5.74) is 5.55. The molecular formula is C29H37N5O. The molecule has 0 spiro atoms. The van der Waals surface area contributed by atoms with Gasteiger partial charge in [-0.1, -0.05) is 51.2 Å². The lowest BCUT2D eigenvalue weighted by Crippen LogP contribution is -2.20. The number of aliphatic hydroxyl groups is 1. The molecule has 35 heavy (non-hydrogen) atoms. The predicted octanol–water partition coefficient (Wildman–Crippen LogP) is 8.85. The third-order valence-electron chi connectivity index (χ3n) is 5.89. The summed E-state index contributed by atoms with van der Waals surface area (Å²) >= 11 is 0. The van der Waals surface area contributed by atoms with E-state index in [1.807, 2.05) is 72.6 Å². The molecule has 184 valence electrons. The Hall–Kier alpha value is -3.38. The van der Waals surface area contributed by atoms with Crippen molar-refractivity contribution < 1.29 is 5.11 Å². The molecule has 1 N–H and O–H groups in total. The van der Waals surface area contributed by atoms with E-state index >= 15 is 0 Å². The van der Waals surface area contributed by atoms with Gasteiger partial charge in [0.25, 0.3) is 0 Å². The van der Waals surface area contributed by atoms with Crippen LogP contribution in [-0.4, -0.2) is 25.3 Å². The van der Waals surface area contributed by atoms with Gasteiger partial charge in [-0.15, -0.1) is 0 Å². The third kappa shape index (κ3) is 9.41. The number of likely N-dealkylation sites (N-methyl/N-ethyl adjacent to an activating group) is 1. The Morgan fingerprint density at radius 2 is 1.03 bits per heavy atom. The molecule has 0 radical (unpaired) electrons. The fraction of sp³-hybridized carbons (Fsp3) is 0.379. The Labute approximate surface area is 209 Å². The third-order valence-corrected chi connectivity index (χ3v) is 5.89. The van der Waals surface area contributed by atoms with E-state index < -0.39 is 0 Å². The number of benzene rings is 3. The molecule has 0 heterocycles. The van der Waals surface area contributed by atoms with E-state index in [1.54, 1.807) is 0 Å². The first-order valence-corrected chi connectivity index (χ1v) is 12.6. The van der Waals surface area contributed by atoms with Gasteiger partial charge in [-0.25, -0.2) is 0 Å². The van der Waals surface area contributed by atoms with Crippen LogP contribution in [0.15, 0.2) is 93.3 Å². The quantitative estimate of drug-likeness (QED) is 0.188. The van der Waals surface area contributed by atoms with Gasteiger partial charge in [0.1, 0.15) is 0 Å². The number of aryl methyl sites for hydroxylation is 1. The van der Waals surface area contributed by atoms with Crippen LogP contribution in [-0.2, 0) is 6.42 Å². The highest BCUT2D eigenvalue weighted by molar-refractivity contribution is 5.53. The first kappa shape index (κ1) is 26.2. The zero-order valence-electron chi connectivity index (χ0n) is 21.0. The van der Waals surface area contributed by atoms with E-state index in [4.69, 9.17) is 5.11 Å². The number of azo groups is 2. The topological polar surface area (TPSA) is 72.9 Å². The molecule has 0 aliphatic heterocycles. The minimum Gasteiger partial charge on any atom is -0.395 e. The maximum atomic E-state index is 9.05. The van der Waals surface area contributed by atoms with Crippen molar-refractivity contribution >= 4 is 28.4 Å². The summed E-state index contributed by atoms with van der Waals surface area (Å²) in [6, 6.07) is 23.7. The molecule has 3 rings (SSSR count). The predicted molar refractivity (Wildman–Crippen MR) is 145 cm³/mol. The molecule has 0 fully saturated rings. The van der Waals surface area contributed by atoms with E-state index in [9.17, 15) is 0 Å². The minimum atomic E-state index is 0.124. The van der Waals surface area contributed by atoms with Crippen LogP contribution < -0.4 is 4.90 Å². The molecule has 3 aromatic rings. The second-order valence-corrected chi connectivity index (χ2v) is 8.76. The standard InChI is InChI=1S/C29H37N5O/c1-3-4-5-6-7-8-9-24-10-12-25(13-11-24)30-31-26-14-16-27(17-15-26)32-33-28-18-20-29(21-19-28)34(2)22-23-35/h10-21,35H,3-9,22-23H2,1-2H3. The van der Waals surface area contributed by atoms with Crippen molar-refractivity contribution in [3.8, 4) is 0 Å². The highest BCUT2D eigenvalue weighted by Crippen LogP contribution is 2.25. The van der Waals surface area contributed by atoms with Gasteiger partial charge in [0.15, 0.2) is 0 Å². The molecule has 0 unspecified atom stereocenters. The zero-order chi connectivity index (χ0) is 24.7. The van der Waals surface area contributed by atoms with E-state index in [0.29, 0.717) is 6.54 Å². The van der Waals surface area contributed by atoms with Gasteiger partial charge < -0.3 is 10.0 Å². The van der Waals surface area contributed by atoms with Crippen LogP contribution in [0.4, 0.5) is 28.4 Å². The first-order valence-electron chi connectivity index (χ1n) is 12.6. The lowest BCUT2D eigenvalue weighted by molar-refractivity contribution is 0.304. The van der Waals surface area contributed by atoms with Crippen molar-refractivity contribution in [1.29, 1.82) is 0 Å². The van der Waals surface area contributed by atoms with Crippen LogP contribution in [0.2, 0.25) is 0 Å². The van der Waals surface area contributed by atoms with Gasteiger partial charge in [0.2, 0.25) is 0 Å². The number of rotatable bonds is 14. The smallest absolute Gasteiger partial charge is 0.0858 e. The summed E-state index contributed by atoms with van der Waals surface area (Å²) in [6.45, 7) is 2.97. The lowest BCUT2D eigenvalue weighted by Gasteiger charge is -2.17. The van der Waals surface area contributed by atoms with Crippen LogP contribution in [0.5, 0.6) is 0 Å². The first-order chi connectivity index (χ1) is 17.2. The summed E-state index contributed by atoms with van der Waals surface area (Å²) in [6.07, 6.45) is 9.05. The SMILES string of the molecule is CCCCCCCCc1ccc(N=Nc2ccc(N=Nc3ccc(N(C)CCO)cc3)cc2)cc1. The fourth-order valence-corrected chi connectivity index (χ4v) is 3.71. The Morgan fingerprint density at radius 3 is 1.51 bits per heavy atom. The maximum absolute atomic E-state index is 9.05. The van der Waals surface area contributed by atoms with Crippen molar-refractivity contribution in [1.82, 2.24) is 0 Å².